The third-order valence-corrected chi connectivity index (χ3v) is 2.28. The first-order valence-electron chi connectivity index (χ1n) is 4.72. The molecule has 0 saturated carbocycles. The van der Waals surface area contributed by atoms with E-state index in [1.807, 2.05) is 0 Å². The van der Waals surface area contributed by atoms with E-state index in [1.165, 1.54) is 11.8 Å². The molecule has 0 aliphatic carbocycles. The molecule has 0 aromatic rings. The van der Waals surface area contributed by atoms with E-state index in [4.69, 9.17) is 5.11 Å². The van der Waals surface area contributed by atoms with Gasteiger partial charge in [0, 0.05) is 6.54 Å². The van der Waals surface area contributed by atoms with E-state index >= 15 is 0 Å². The molecule has 0 radical (unpaired) electrons. The fraction of sp³-hybridized carbons (Fsp3) is 0.889. The van der Waals surface area contributed by atoms with Gasteiger partial charge in [-0.2, -0.15) is 0 Å². The second-order valence-corrected chi connectivity index (χ2v) is 3.55. The molecule has 1 N–H and O–H groups in total. The van der Waals surface area contributed by atoms with E-state index in [0.29, 0.717) is 13.0 Å². The molecule has 76 valence electrons. The lowest BCUT2D eigenvalue weighted by Gasteiger charge is -2.22. The van der Waals surface area contributed by atoms with Gasteiger partial charge in [-0.15, -0.1) is 0 Å². The molecule has 4 heteroatoms. The molecule has 0 spiro atoms. The number of aliphatic hydroxyl groups is 1. The number of nitrogens with zero attached hydrogens (tertiary/aromatic N) is 1. The zero-order valence-corrected chi connectivity index (χ0v) is 7.87. The molecular formula is C9H16FNO2. The quantitative estimate of drug-likeness (QED) is 0.660. The van der Waals surface area contributed by atoms with Crippen molar-refractivity contribution in [1.82, 2.24) is 4.90 Å². The van der Waals surface area contributed by atoms with Crippen molar-refractivity contribution in [3.63, 3.8) is 0 Å². The van der Waals surface area contributed by atoms with E-state index in [2.05, 4.69) is 0 Å². The molecule has 1 aliphatic heterocycles. The SMILES string of the molecule is C[C@@H](O)C(=O)N1CCCCC(F)C1. The van der Waals surface area contributed by atoms with Crippen LogP contribution in [-0.2, 0) is 4.79 Å². The first-order chi connectivity index (χ1) is 6.11. The molecule has 1 fully saturated rings. The van der Waals surface area contributed by atoms with Crippen molar-refractivity contribution in [3.05, 3.63) is 0 Å². The minimum Gasteiger partial charge on any atom is -0.384 e. The molecule has 1 amide bonds. The van der Waals surface area contributed by atoms with Crippen LogP contribution in [-0.4, -0.2) is 41.3 Å². The van der Waals surface area contributed by atoms with Crippen LogP contribution in [0.4, 0.5) is 4.39 Å². The van der Waals surface area contributed by atoms with Crippen LogP contribution in [0.3, 0.4) is 0 Å². The molecule has 1 rings (SSSR count). The maximum atomic E-state index is 13.0. The summed E-state index contributed by atoms with van der Waals surface area (Å²) in [5.41, 5.74) is 0. The van der Waals surface area contributed by atoms with Crippen LogP contribution in [0, 0.1) is 0 Å². The highest BCUT2D eigenvalue weighted by Crippen LogP contribution is 2.13. The molecule has 0 aromatic heterocycles. The Morgan fingerprint density at radius 1 is 1.62 bits per heavy atom. The number of hydrogen-bond donors (Lipinski definition) is 1. The minimum atomic E-state index is -1.01. The molecule has 3 nitrogen and oxygen atoms in total. The summed E-state index contributed by atoms with van der Waals surface area (Å²) in [5.74, 6) is -0.357. The van der Waals surface area contributed by atoms with Gasteiger partial charge >= 0.3 is 0 Å². The largest absolute Gasteiger partial charge is 0.384 e. The molecule has 0 bridgehead atoms. The van der Waals surface area contributed by atoms with E-state index in [1.54, 1.807) is 0 Å². The van der Waals surface area contributed by atoms with Crippen LogP contribution < -0.4 is 0 Å². The Morgan fingerprint density at radius 3 is 2.92 bits per heavy atom. The van der Waals surface area contributed by atoms with Crippen molar-refractivity contribution in [2.45, 2.75) is 38.5 Å². The van der Waals surface area contributed by atoms with E-state index in [0.717, 1.165) is 12.8 Å². The smallest absolute Gasteiger partial charge is 0.251 e. The Morgan fingerprint density at radius 2 is 2.31 bits per heavy atom. The van der Waals surface area contributed by atoms with Gasteiger partial charge in [-0.1, -0.05) is 0 Å². The Hall–Kier alpha value is -0.640. The zero-order chi connectivity index (χ0) is 9.84. The highest BCUT2D eigenvalue weighted by Gasteiger charge is 2.23. The molecule has 1 aliphatic rings. The summed E-state index contributed by atoms with van der Waals surface area (Å²) in [4.78, 5) is 12.7. The third kappa shape index (κ3) is 2.95. The lowest BCUT2D eigenvalue weighted by atomic mass is 10.2. The van der Waals surface area contributed by atoms with Crippen LogP contribution in [0.25, 0.3) is 0 Å². The van der Waals surface area contributed by atoms with Crippen LogP contribution in [0.5, 0.6) is 0 Å². The fourth-order valence-electron chi connectivity index (χ4n) is 1.55. The maximum Gasteiger partial charge on any atom is 0.251 e. The predicted octanol–water partition coefficient (Wildman–Crippen LogP) is 0.718. The van der Waals surface area contributed by atoms with Crippen molar-refractivity contribution in [3.8, 4) is 0 Å². The van der Waals surface area contributed by atoms with Crippen LogP contribution in [0.15, 0.2) is 0 Å². The van der Waals surface area contributed by atoms with Gasteiger partial charge in [0.2, 0.25) is 0 Å². The third-order valence-electron chi connectivity index (χ3n) is 2.28. The van der Waals surface area contributed by atoms with Gasteiger partial charge in [0.15, 0.2) is 0 Å². The predicted molar refractivity (Wildman–Crippen MR) is 47.0 cm³/mol. The Kier molecular flexibility index (Phi) is 3.66. The Labute approximate surface area is 77.5 Å². The summed E-state index contributed by atoms with van der Waals surface area (Å²) < 4.78 is 13.0. The van der Waals surface area contributed by atoms with Gasteiger partial charge in [0.1, 0.15) is 12.3 Å². The number of rotatable bonds is 1. The molecule has 1 unspecified atom stereocenters. The first-order valence-corrected chi connectivity index (χ1v) is 4.72. The van der Waals surface area contributed by atoms with Crippen molar-refractivity contribution in [2.24, 2.45) is 0 Å². The summed E-state index contributed by atoms with van der Waals surface area (Å²) in [6.07, 6.45) is 0.253. The van der Waals surface area contributed by atoms with Crippen LogP contribution in [0.2, 0.25) is 0 Å². The number of carbonyl (C=O) groups is 1. The average Bonchev–Trinajstić information content (AvgIpc) is 2.28. The zero-order valence-electron chi connectivity index (χ0n) is 7.87. The van der Waals surface area contributed by atoms with Crippen molar-refractivity contribution in [1.29, 1.82) is 0 Å². The summed E-state index contributed by atoms with van der Waals surface area (Å²) in [7, 11) is 0. The number of hydrogen-bond acceptors (Lipinski definition) is 2. The average molecular weight is 189 g/mol. The molecule has 0 aromatic carbocycles. The minimum absolute atomic E-state index is 0.143. The highest BCUT2D eigenvalue weighted by atomic mass is 19.1. The monoisotopic (exact) mass is 189 g/mol. The fourth-order valence-corrected chi connectivity index (χ4v) is 1.55. The molecular weight excluding hydrogens is 173 g/mol. The highest BCUT2D eigenvalue weighted by molar-refractivity contribution is 5.80. The summed E-state index contributed by atoms with van der Waals surface area (Å²) in [6, 6.07) is 0. The van der Waals surface area contributed by atoms with Gasteiger partial charge in [-0.3, -0.25) is 4.79 Å². The van der Waals surface area contributed by atoms with E-state index in [9.17, 15) is 9.18 Å². The van der Waals surface area contributed by atoms with Crippen LogP contribution >= 0.6 is 0 Å². The van der Waals surface area contributed by atoms with Crippen LogP contribution in [0.1, 0.15) is 26.2 Å². The summed E-state index contributed by atoms with van der Waals surface area (Å²) in [6.45, 7) is 2.13. The molecule has 1 heterocycles. The van der Waals surface area contributed by atoms with E-state index in [-0.39, 0.29) is 12.5 Å². The summed E-state index contributed by atoms with van der Waals surface area (Å²) >= 11 is 0. The number of halogens is 1. The van der Waals surface area contributed by atoms with Crippen molar-refractivity contribution >= 4 is 5.91 Å². The maximum absolute atomic E-state index is 13.0. The standard InChI is InChI=1S/C9H16FNO2/c1-7(12)9(13)11-5-3-2-4-8(10)6-11/h7-8,12H,2-6H2,1H3/t7-,8?/m1/s1. The van der Waals surface area contributed by atoms with Crippen molar-refractivity contribution < 1.29 is 14.3 Å². The number of amides is 1. The molecule has 1 saturated heterocycles. The van der Waals surface area contributed by atoms with E-state index < -0.39 is 12.3 Å². The lowest BCUT2D eigenvalue weighted by Crippen LogP contribution is -2.40. The van der Waals surface area contributed by atoms with Gasteiger partial charge in [0.25, 0.3) is 5.91 Å². The Bertz CT molecular complexity index is 184. The van der Waals surface area contributed by atoms with Gasteiger partial charge in [0.05, 0.1) is 6.54 Å². The first kappa shape index (κ1) is 10.4. The molecule has 2 atom stereocenters. The number of aliphatic hydroxyl groups excluding tert-OH is 1. The number of likely N-dealkylation sites (tertiary alicyclic amines) is 1. The molecule has 13 heavy (non-hydrogen) atoms. The normalized spacial score (nSPS) is 26.7. The second kappa shape index (κ2) is 4.56. The second-order valence-electron chi connectivity index (χ2n) is 3.55. The number of alkyl halides is 1. The van der Waals surface area contributed by atoms with Gasteiger partial charge in [-0.05, 0) is 26.2 Å². The lowest BCUT2D eigenvalue weighted by molar-refractivity contribution is -0.139. The van der Waals surface area contributed by atoms with Gasteiger partial charge in [-0.25, -0.2) is 4.39 Å². The Balaban J connectivity index is 2.52. The van der Waals surface area contributed by atoms with Gasteiger partial charge < -0.3 is 10.0 Å². The van der Waals surface area contributed by atoms with Crippen molar-refractivity contribution in [2.75, 3.05) is 13.1 Å². The summed E-state index contributed by atoms with van der Waals surface area (Å²) in [5, 5.41) is 9.04. The number of carbonyl (C=O) groups excluding carboxylic acids is 1. The topological polar surface area (TPSA) is 40.5 Å².